The first-order chi connectivity index (χ1) is 7.38. The predicted octanol–water partition coefficient (Wildman–Crippen LogP) is 3.63. The van der Waals surface area contributed by atoms with Crippen LogP contribution in [0.15, 0.2) is 41.3 Å². The van der Waals surface area contributed by atoms with Crippen LogP contribution < -0.4 is 0 Å². The van der Waals surface area contributed by atoms with Crippen LogP contribution in [0.1, 0.15) is 33.5 Å². The molecule has 0 saturated heterocycles. The third kappa shape index (κ3) is 4.96. The van der Waals surface area contributed by atoms with Crippen LogP contribution in [0.25, 0.3) is 5.57 Å². The van der Waals surface area contributed by atoms with Gasteiger partial charge >= 0.3 is 0 Å². The van der Waals surface area contributed by atoms with Crippen LogP contribution in [0.3, 0.4) is 0 Å². The summed E-state index contributed by atoms with van der Waals surface area (Å²) >= 11 is 0. The van der Waals surface area contributed by atoms with Crippen molar-refractivity contribution in [1.82, 2.24) is 10.1 Å². The summed E-state index contributed by atoms with van der Waals surface area (Å²) < 4.78 is 4.66. The zero-order valence-electron chi connectivity index (χ0n) is 9.77. The highest BCUT2D eigenvalue weighted by atomic mass is 16.5. The number of hydrogen-bond acceptors (Lipinski definition) is 3. The van der Waals surface area contributed by atoms with Gasteiger partial charge in [-0.3, -0.25) is 0 Å². The van der Waals surface area contributed by atoms with Gasteiger partial charge in [0.25, 0.3) is 0 Å². The van der Waals surface area contributed by atoms with E-state index in [0.29, 0.717) is 5.82 Å². The van der Waals surface area contributed by atoms with Crippen LogP contribution in [-0.4, -0.2) is 10.1 Å². The van der Waals surface area contributed by atoms with Gasteiger partial charge < -0.3 is 4.52 Å². The first-order valence-electron chi connectivity index (χ1n) is 5.11. The summed E-state index contributed by atoms with van der Waals surface area (Å²) in [6, 6.07) is 0. The van der Waals surface area contributed by atoms with Crippen molar-refractivity contribution in [3.05, 3.63) is 42.6 Å². The molecule has 0 N–H and O–H groups in total. The van der Waals surface area contributed by atoms with Crippen molar-refractivity contribution < 1.29 is 4.52 Å². The molecule has 1 aromatic heterocycles. The average Bonchev–Trinajstić information content (AvgIpc) is 2.80. The Hall–Kier alpha value is -1.64. The monoisotopic (exact) mass is 206 g/mol. The third-order valence-corrected chi connectivity index (χ3v) is 1.43. The van der Waals surface area contributed by atoms with Crippen LogP contribution in [-0.2, 0) is 0 Å². The third-order valence-electron chi connectivity index (χ3n) is 1.43. The minimum absolute atomic E-state index is 0.608. The van der Waals surface area contributed by atoms with Crippen molar-refractivity contribution in [3.63, 3.8) is 0 Å². The summed E-state index contributed by atoms with van der Waals surface area (Å²) in [5, 5.41) is 3.75. The molecule has 15 heavy (non-hydrogen) atoms. The minimum atomic E-state index is 0.608. The number of rotatable bonds is 3. The summed E-state index contributed by atoms with van der Waals surface area (Å²) in [7, 11) is 0. The Morgan fingerprint density at radius 2 is 2.00 bits per heavy atom. The Morgan fingerprint density at radius 3 is 2.47 bits per heavy atom. The maximum atomic E-state index is 4.66. The van der Waals surface area contributed by atoms with Crippen molar-refractivity contribution in [1.29, 1.82) is 0 Å². The Balaban J connectivity index is 0.000000921. The second-order valence-electron chi connectivity index (χ2n) is 2.40. The quantitative estimate of drug-likeness (QED) is 0.709. The second-order valence-corrected chi connectivity index (χ2v) is 2.40. The van der Waals surface area contributed by atoms with E-state index in [1.807, 2.05) is 58.1 Å². The van der Waals surface area contributed by atoms with E-state index < -0.39 is 0 Å². The molecule has 3 nitrogen and oxygen atoms in total. The second kappa shape index (κ2) is 8.94. The van der Waals surface area contributed by atoms with E-state index in [2.05, 4.69) is 14.7 Å². The topological polar surface area (TPSA) is 38.9 Å². The van der Waals surface area contributed by atoms with E-state index in [1.165, 1.54) is 6.39 Å². The lowest BCUT2D eigenvalue weighted by molar-refractivity contribution is 0.415. The molecule has 0 spiro atoms. The van der Waals surface area contributed by atoms with E-state index >= 15 is 0 Å². The van der Waals surface area contributed by atoms with Crippen LogP contribution in [0.4, 0.5) is 0 Å². The number of hydrogen-bond donors (Lipinski definition) is 0. The molecular weight excluding hydrogens is 188 g/mol. The molecule has 82 valence electrons. The zero-order valence-corrected chi connectivity index (χ0v) is 9.77. The van der Waals surface area contributed by atoms with E-state index in [0.717, 1.165) is 5.57 Å². The van der Waals surface area contributed by atoms with Gasteiger partial charge in [-0.2, -0.15) is 4.98 Å². The number of aromatic nitrogens is 2. The molecule has 0 saturated carbocycles. The lowest BCUT2D eigenvalue weighted by Crippen LogP contribution is -1.82. The van der Waals surface area contributed by atoms with Gasteiger partial charge in [-0.15, -0.1) is 0 Å². The van der Waals surface area contributed by atoms with Gasteiger partial charge in [0.1, 0.15) is 0 Å². The number of allylic oxidation sites excluding steroid dienone is 6. The maximum Gasteiger partial charge on any atom is 0.214 e. The van der Waals surface area contributed by atoms with Crippen molar-refractivity contribution in [2.24, 2.45) is 0 Å². The first-order valence-corrected chi connectivity index (χ1v) is 5.11. The van der Waals surface area contributed by atoms with Gasteiger partial charge in [0.2, 0.25) is 12.2 Å². The van der Waals surface area contributed by atoms with E-state index in [-0.39, 0.29) is 0 Å². The van der Waals surface area contributed by atoms with Crippen LogP contribution in [0.5, 0.6) is 0 Å². The van der Waals surface area contributed by atoms with Gasteiger partial charge in [0.05, 0.1) is 0 Å². The highest BCUT2D eigenvalue weighted by molar-refractivity contribution is 5.70. The average molecular weight is 206 g/mol. The predicted molar refractivity (Wildman–Crippen MR) is 63.3 cm³/mol. The van der Waals surface area contributed by atoms with Gasteiger partial charge in [-0.1, -0.05) is 49.4 Å². The largest absolute Gasteiger partial charge is 0.342 e. The molecule has 1 rings (SSSR count). The minimum Gasteiger partial charge on any atom is -0.342 e. The van der Waals surface area contributed by atoms with Crippen molar-refractivity contribution >= 4 is 5.57 Å². The molecule has 0 aliphatic heterocycles. The summed E-state index contributed by atoms with van der Waals surface area (Å²) in [4.78, 5) is 3.96. The lowest BCUT2D eigenvalue weighted by atomic mass is 10.2. The molecule has 0 bridgehead atoms. The summed E-state index contributed by atoms with van der Waals surface area (Å²) in [6.07, 6.45) is 11.0. The molecule has 1 aromatic rings. The van der Waals surface area contributed by atoms with Gasteiger partial charge in [0.15, 0.2) is 0 Å². The van der Waals surface area contributed by atoms with E-state index in [4.69, 9.17) is 0 Å². The first kappa shape index (κ1) is 13.4. The normalized spacial score (nSPS) is 11.9. The molecule has 3 heteroatoms. The molecule has 0 radical (unpaired) electrons. The van der Waals surface area contributed by atoms with E-state index in [1.54, 1.807) is 0 Å². The zero-order chi connectivity index (χ0) is 11.5. The fourth-order valence-electron chi connectivity index (χ4n) is 0.882. The molecule has 0 unspecified atom stereocenters. The molecule has 0 aromatic carbocycles. The van der Waals surface area contributed by atoms with Crippen LogP contribution in [0, 0.1) is 0 Å². The fraction of sp³-hybridized carbons (Fsp3) is 0.333. The standard InChI is InChI=1S/C10H12N2O.C2H6/c1-3-5-7-9(6-4-2)10-11-8-13-12-10;1-2/h3-8H,1-2H3;1-2H3/b5-3-,6-4-,9-7+;. The smallest absolute Gasteiger partial charge is 0.214 e. The molecule has 0 atom stereocenters. The van der Waals surface area contributed by atoms with Gasteiger partial charge in [0, 0.05) is 5.57 Å². The fourth-order valence-corrected chi connectivity index (χ4v) is 0.882. The molecule has 0 amide bonds. The summed E-state index contributed by atoms with van der Waals surface area (Å²) in [5.41, 5.74) is 0.939. The Labute approximate surface area is 91.2 Å². The molecular formula is C12H18N2O. The van der Waals surface area contributed by atoms with Crippen molar-refractivity contribution in [2.75, 3.05) is 0 Å². The van der Waals surface area contributed by atoms with Crippen LogP contribution in [0.2, 0.25) is 0 Å². The van der Waals surface area contributed by atoms with Gasteiger partial charge in [-0.05, 0) is 13.8 Å². The lowest BCUT2D eigenvalue weighted by Gasteiger charge is -1.90. The maximum absolute atomic E-state index is 4.66. The molecule has 0 aliphatic carbocycles. The number of nitrogens with zero attached hydrogens (tertiary/aromatic N) is 2. The SMILES string of the molecule is CC.C\C=C/C=C(\C=C/C)c1ncon1. The van der Waals surface area contributed by atoms with Gasteiger partial charge in [-0.25, -0.2) is 0 Å². The molecule has 0 aliphatic rings. The Morgan fingerprint density at radius 1 is 1.27 bits per heavy atom. The summed E-state index contributed by atoms with van der Waals surface area (Å²) in [5.74, 6) is 0.608. The highest BCUT2D eigenvalue weighted by Gasteiger charge is 2.00. The van der Waals surface area contributed by atoms with Crippen molar-refractivity contribution in [3.8, 4) is 0 Å². The van der Waals surface area contributed by atoms with Crippen molar-refractivity contribution in [2.45, 2.75) is 27.7 Å². The summed E-state index contributed by atoms with van der Waals surface area (Å²) in [6.45, 7) is 7.91. The Bertz CT molecular complexity index is 321. The Kier molecular flexibility index (Phi) is 7.96. The van der Waals surface area contributed by atoms with Crippen LogP contribution >= 0.6 is 0 Å². The highest BCUT2D eigenvalue weighted by Crippen LogP contribution is 2.10. The van der Waals surface area contributed by atoms with E-state index in [9.17, 15) is 0 Å². The molecule has 1 heterocycles. The molecule has 0 fully saturated rings.